The van der Waals surface area contributed by atoms with Gasteiger partial charge in [-0.05, 0) is 57.5 Å². The third-order valence-electron chi connectivity index (χ3n) is 6.05. The first kappa shape index (κ1) is 15.4. The Morgan fingerprint density at radius 3 is 2.59 bits per heavy atom. The molecule has 0 unspecified atom stereocenters. The van der Waals surface area contributed by atoms with Gasteiger partial charge < -0.3 is 14.4 Å². The second kappa shape index (κ2) is 7.16. The van der Waals surface area contributed by atoms with Gasteiger partial charge in [0, 0.05) is 32.3 Å². The molecule has 4 aliphatic rings. The summed E-state index contributed by atoms with van der Waals surface area (Å²) < 4.78 is 12.3. The Hall–Kier alpha value is -0.160. The van der Waals surface area contributed by atoms with Gasteiger partial charge in [-0.25, -0.2) is 0 Å². The summed E-state index contributed by atoms with van der Waals surface area (Å²) in [5.41, 5.74) is 0. The highest BCUT2D eigenvalue weighted by atomic mass is 16.5. The Morgan fingerprint density at radius 1 is 0.909 bits per heavy atom. The van der Waals surface area contributed by atoms with Crippen molar-refractivity contribution in [3.63, 3.8) is 0 Å². The zero-order chi connectivity index (χ0) is 14.8. The first-order valence-corrected chi connectivity index (χ1v) is 9.60. The van der Waals surface area contributed by atoms with Gasteiger partial charge in [-0.2, -0.15) is 0 Å². The van der Waals surface area contributed by atoms with E-state index >= 15 is 0 Å². The van der Waals surface area contributed by atoms with Crippen molar-refractivity contribution in [3.05, 3.63) is 0 Å². The molecule has 4 nitrogen and oxygen atoms in total. The topological polar surface area (TPSA) is 24.9 Å². The van der Waals surface area contributed by atoms with Crippen molar-refractivity contribution in [1.29, 1.82) is 0 Å². The van der Waals surface area contributed by atoms with Crippen LogP contribution in [-0.4, -0.2) is 74.0 Å². The molecule has 2 heterocycles. The van der Waals surface area contributed by atoms with Crippen LogP contribution in [0.25, 0.3) is 0 Å². The van der Waals surface area contributed by atoms with E-state index in [1.165, 1.54) is 71.1 Å². The molecule has 0 aromatic carbocycles. The summed E-state index contributed by atoms with van der Waals surface area (Å²) in [7, 11) is 0. The summed E-state index contributed by atoms with van der Waals surface area (Å²) in [5, 5.41) is 0. The predicted octanol–water partition coefficient (Wildman–Crippen LogP) is 2.13. The molecule has 4 rings (SSSR count). The maximum atomic E-state index is 6.18. The van der Waals surface area contributed by atoms with E-state index in [9.17, 15) is 0 Å². The molecule has 2 aliphatic heterocycles. The van der Waals surface area contributed by atoms with E-state index in [4.69, 9.17) is 9.47 Å². The third-order valence-corrected chi connectivity index (χ3v) is 6.05. The van der Waals surface area contributed by atoms with E-state index in [1.807, 2.05) is 0 Å². The molecular weight excluding hydrogens is 276 g/mol. The maximum absolute atomic E-state index is 6.18. The highest BCUT2D eigenvalue weighted by Crippen LogP contribution is 2.35. The second-order valence-corrected chi connectivity index (χ2v) is 7.73. The first-order chi connectivity index (χ1) is 10.9. The average molecular weight is 308 g/mol. The molecule has 4 fully saturated rings. The number of nitrogens with zero attached hydrogens (tertiary/aromatic N) is 2. The van der Waals surface area contributed by atoms with Crippen LogP contribution in [0.4, 0.5) is 0 Å². The van der Waals surface area contributed by atoms with Crippen molar-refractivity contribution in [2.45, 2.75) is 63.2 Å². The van der Waals surface area contributed by atoms with Gasteiger partial charge in [0.15, 0.2) is 0 Å². The van der Waals surface area contributed by atoms with Crippen molar-refractivity contribution in [3.8, 4) is 0 Å². The minimum Gasteiger partial charge on any atom is -0.375 e. The smallest absolute Gasteiger partial charge is 0.0991 e. The second-order valence-electron chi connectivity index (χ2n) is 7.73. The van der Waals surface area contributed by atoms with Crippen molar-refractivity contribution >= 4 is 0 Å². The Morgan fingerprint density at radius 2 is 1.77 bits per heavy atom. The lowest BCUT2D eigenvalue weighted by Crippen LogP contribution is -2.53. The molecule has 4 heteroatoms. The summed E-state index contributed by atoms with van der Waals surface area (Å²) in [4.78, 5) is 5.35. The molecule has 0 bridgehead atoms. The van der Waals surface area contributed by atoms with E-state index in [-0.39, 0.29) is 0 Å². The number of likely N-dealkylation sites (tertiary alicyclic amines) is 1. The minimum absolute atomic E-state index is 0.342. The molecule has 0 radical (unpaired) electrons. The molecule has 22 heavy (non-hydrogen) atoms. The normalized spacial score (nSPS) is 37.4. The van der Waals surface area contributed by atoms with Crippen LogP contribution in [0.1, 0.15) is 44.9 Å². The van der Waals surface area contributed by atoms with Crippen LogP contribution in [0.15, 0.2) is 0 Å². The fourth-order valence-corrected chi connectivity index (χ4v) is 4.44. The molecule has 2 aliphatic carbocycles. The van der Waals surface area contributed by atoms with Crippen molar-refractivity contribution in [1.82, 2.24) is 9.80 Å². The van der Waals surface area contributed by atoms with E-state index in [0.717, 1.165) is 25.7 Å². The standard InChI is InChI=1S/C18H32N2O2/c1-2-8-19(9-3-1)10-11-20-12-13-21-18-16(20)6-7-17(18)22-14-15-4-5-15/h15-18H,1-14H2/t16-,17-,18+/m0/s1. The molecule has 0 aromatic rings. The molecular formula is C18H32N2O2. The van der Waals surface area contributed by atoms with Crippen molar-refractivity contribution in [2.75, 3.05) is 45.9 Å². The van der Waals surface area contributed by atoms with Gasteiger partial charge >= 0.3 is 0 Å². The minimum atomic E-state index is 0.342. The molecule has 0 spiro atoms. The van der Waals surface area contributed by atoms with Gasteiger partial charge in [0.1, 0.15) is 0 Å². The average Bonchev–Trinajstić information content (AvgIpc) is 3.31. The van der Waals surface area contributed by atoms with E-state index in [2.05, 4.69) is 9.80 Å². The zero-order valence-electron chi connectivity index (χ0n) is 13.9. The quantitative estimate of drug-likeness (QED) is 0.750. The number of fused-ring (bicyclic) bond motifs is 1. The number of rotatable bonds is 6. The van der Waals surface area contributed by atoms with Crippen LogP contribution < -0.4 is 0 Å². The Bertz CT molecular complexity index is 355. The van der Waals surface area contributed by atoms with E-state index in [1.54, 1.807) is 0 Å². The van der Waals surface area contributed by atoms with Crippen LogP contribution in [0.2, 0.25) is 0 Å². The summed E-state index contributed by atoms with van der Waals surface area (Å²) in [6, 6.07) is 0.614. The zero-order valence-corrected chi connectivity index (χ0v) is 13.9. The summed E-state index contributed by atoms with van der Waals surface area (Å²) in [6.45, 7) is 8.08. The lowest BCUT2D eigenvalue weighted by molar-refractivity contribution is -0.115. The largest absolute Gasteiger partial charge is 0.375 e. The van der Waals surface area contributed by atoms with Gasteiger partial charge in [0.05, 0.1) is 18.8 Å². The molecule has 2 saturated heterocycles. The number of hydrogen-bond acceptors (Lipinski definition) is 4. The van der Waals surface area contributed by atoms with Crippen molar-refractivity contribution < 1.29 is 9.47 Å². The number of ether oxygens (including phenoxy) is 2. The van der Waals surface area contributed by atoms with Crippen molar-refractivity contribution in [2.24, 2.45) is 5.92 Å². The molecule has 3 atom stereocenters. The number of hydrogen-bond donors (Lipinski definition) is 0. The van der Waals surface area contributed by atoms with Crippen LogP contribution in [-0.2, 0) is 9.47 Å². The molecule has 126 valence electrons. The van der Waals surface area contributed by atoms with Crippen LogP contribution in [0, 0.1) is 5.92 Å². The van der Waals surface area contributed by atoms with Gasteiger partial charge in [0.25, 0.3) is 0 Å². The number of morpholine rings is 1. The number of piperidine rings is 1. The monoisotopic (exact) mass is 308 g/mol. The lowest BCUT2D eigenvalue weighted by Gasteiger charge is -2.40. The molecule has 0 aromatic heterocycles. The lowest BCUT2D eigenvalue weighted by atomic mass is 10.1. The predicted molar refractivity (Wildman–Crippen MR) is 87.1 cm³/mol. The van der Waals surface area contributed by atoms with Crippen LogP contribution >= 0.6 is 0 Å². The maximum Gasteiger partial charge on any atom is 0.0991 e. The van der Waals surface area contributed by atoms with Gasteiger partial charge in [-0.3, -0.25) is 4.90 Å². The Balaban J connectivity index is 1.26. The first-order valence-electron chi connectivity index (χ1n) is 9.60. The summed E-state index contributed by atoms with van der Waals surface area (Å²) in [6.07, 6.45) is 10.1. The van der Waals surface area contributed by atoms with Gasteiger partial charge in [-0.1, -0.05) is 6.42 Å². The van der Waals surface area contributed by atoms with E-state index in [0.29, 0.717) is 18.2 Å². The Kier molecular flexibility index (Phi) is 5.01. The van der Waals surface area contributed by atoms with Crippen LogP contribution in [0.3, 0.4) is 0 Å². The van der Waals surface area contributed by atoms with E-state index < -0.39 is 0 Å². The van der Waals surface area contributed by atoms with Gasteiger partial charge in [-0.15, -0.1) is 0 Å². The SMILES string of the molecule is C1CCN(CCN2CCO[C@H]3[C@@H](OCC4CC4)CC[C@@H]32)CC1. The highest BCUT2D eigenvalue weighted by molar-refractivity contribution is 4.96. The van der Waals surface area contributed by atoms with Crippen LogP contribution in [0.5, 0.6) is 0 Å². The summed E-state index contributed by atoms with van der Waals surface area (Å²) in [5.74, 6) is 0.859. The molecule has 0 N–H and O–H groups in total. The molecule has 2 saturated carbocycles. The highest BCUT2D eigenvalue weighted by Gasteiger charge is 2.43. The summed E-state index contributed by atoms with van der Waals surface area (Å²) >= 11 is 0. The Labute approximate surface area is 135 Å². The fourth-order valence-electron chi connectivity index (χ4n) is 4.44. The van der Waals surface area contributed by atoms with Gasteiger partial charge in [0.2, 0.25) is 0 Å². The molecule has 0 amide bonds. The fraction of sp³-hybridized carbons (Fsp3) is 1.00. The third kappa shape index (κ3) is 3.66.